The fourth-order valence-electron chi connectivity index (χ4n) is 3.25. The van der Waals surface area contributed by atoms with Crippen molar-refractivity contribution in [3.8, 4) is 0 Å². The highest BCUT2D eigenvalue weighted by molar-refractivity contribution is 4.97. The molecule has 0 aliphatic carbocycles. The Morgan fingerprint density at radius 1 is 1.20 bits per heavy atom. The van der Waals surface area contributed by atoms with Crippen LogP contribution >= 0.6 is 0 Å². The first kappa shape index (κ1) is 16.0. The van der Waals surface area contributed by atoms with E-state index in [2.05, 4.69) is 11.8 Å². The van der Waals surface area contributed by atoms with E-state index in [-0.39, 0.29) is 5.54 Å². The highest BCUT2D eigenvalue weighted by Crippen LogP contribution is 2.31. The van der Waals surface area contributed by atoms with E-state index in [1.807, 2.05) is 0 Å². The van der Waals surface area contributed by atoms with Crippen LogP contribution in [0.4, 0.5) is 13.2 Å². The fourth-order valence-corrected chi connectivity index (χ4v) is 3.25. The molecule has 0 aromatic heterocycles. The summed E-state index contributed by atoms with van der Waals surface area (Å²) in [5.41, 5.74) is 5.80. The van der Waals surface area contributed by atoms with E-state index in [9.17, 15) is 13.2 Å². The molecule has 4 nitrogen and oxygen atoms in total. The zero-order chi connectivity index (χ0) is 14.8. The molecule has 0 spiro atoms. The van der Waals surface area contributed by atoms with E-state index in [0.717, 1.165) is 13.0 Å². The zero-order valence-electron chi connectivity index (χ0n) is 12.0. The van der Waals surface area contributed by atoms with Crippen LogP contribution in [0.5, 0.6) is 0 Å². The molecule has 2 atom stereocenters. The van der Waals surface area contributed by atoms with Crippen molar-refractivity contribution in [2.24, 2.45) is 11.7 Å². The maximum atomic E-state index is 12.4. The normalized spacial score (nSPS) is 29.6. The van der Waals surface area contributed by atoms with Gasteiger partial charge in [-0.1, -0.05) is 0 Å². The molecule has 7 heteroatoms. The quantitative estimate of drug-likeness (QED) is 0.837. The van der Waals surface area contributed by atoms with Crippen LogP contribution in [0, 0.1) is 5.92 Å². The summed E-state index contributed by atoms with van der Waals surface area (Å²) in [7, 11) is 0. The Hall–Kier alpha value is -0.370. The summed E-state index contributed by atoms with van der Waals surface area (Å²) in [6.07, 6.45) is -3.13. The molecule has 2 aliphatic heterocycles. The van der Waals surface area contributed by atoms with Gasteiger partial charge in [0.05, 0.1) is 13.2 Å². The fraction of sp³-hybridized carbons (Fsp3) is 1.00. The molecule has 0 bridgehead atoms. The van der Waals surface area contributed by atoms with Gasteiger partial charge in [0.25, 0.3) is 0 Å². The molecule has 0 aromatic carbocycles. The Morgan fingerprint density at radius 3 is 2.30 bits per heavy atom. The molecule has 2 saturated heterocycles. The molecule has 2 heterocycles. The lowest BCUT2D eigenvalue weighted by molar-refractivity contribution is -0.151. The predicted molar refractivity (Wildman–Crippen MR) is 70.5 cm³/mol. The molecule has 0 radical (unpaired) electrons. The third kappa shape index (κ3) is 3.63. The molecule has 118 valence electrons. The molecule has 0 saturated carbocycles. The maximum absolute atomic E-state index is 12.4. The minimum Gasteiger partial charge on any atom is -0.381 e. The average Bonchev–Trinajstić information content (AvgIpc) is 2.91. The van der Waals surface area contributed by atoms with Gasteiger partial charge in [-0.15, -0.1) is 0 Å². The minimum atomic E-state index is -4.11. The first-order valence-corrected chi connectivity index (χ1v) is 7.17. The maximum Gasteiger partial charge on any atom is 0.401 e. The number of alkyl halides is 3. The number of nitrogens with two attached hydrogens (primary N) is 1. The second-order valence-electron chi connectivity index (χ2n) is 6.00. The molecular weight excluding hydrogens is 271 g/mol. The lowest BCUT2D eigenvalue weighted by Crippen LogP contribution is -2.62. The van der Waals surface area contributed by atoms with Gasteiger partial charge < -0.3 is 10.5 Å². The van der Waals surface area contributed by atoms with Crippen LogP contribution < -0.4 is 5.73 Å². The summed E-state index contributed by atoms with van der Waals surface area (Å²) >= 11 is 0. The van der Waals surface area contributed by atoms with Gasteiger partial charge in [-0.3, -0.25) is 9.80 Å². The number of halogens is 3. The summed E-state index contributed by atoms with van der Waals surface area (Å²) in [5.74, 6) is 0.377. The standard InChI is InChI=1S/C13H24F3N3O/c1-12(9-17,11-2-7-20-8-11)19-5-3-18(4-6-19)10-13(14,15)16/h11H,2-10,17H2,1H3. The van der Waals surface area contributed by atoms with Crippen molar-refractivity contribution < 1.29 is 17.9 Å². The van der Waals surface area contributed by atoms with Crippen LogP contribution in [-0.2, 0) is 4.74 Å². The van der Waals surface area contributed by atoms with E-state index in [0.29, 0.717) is 45.2 Å². The number of ether oxygens (including phenoxy) is 1. The van der Waals surface area contributed by atoms with Crippen LogP contribution in [0.15, 0.2) is 0 Å². The summed E-state index contributed by atoms with van der Waals surface area (Å²) in [6.45, 7) is 5.45. The molecule has 0 aromatic rings. The summed E-state index contributed by atoms with van der Waals surface area (Å²) in [6, 6.07) is 0. The van der Waals surface area contributed by atoms with Crippen molar-refractivity contribution in [3.05, 3.63) is 0 Å². The average molecular weight is 295 g/mol. The van der Waals surface area contributed by atoms with E-state index in [4.69, 9.17) is 10.5 Å². The molecule has 0 amide bonds. The van der Waals surface area contributed by atoms with Gasteiger partial charge in [0.15, 0.2) is 0 Å². The number of piperazine rings is 1. The highest BCUT2D eigenvalue weighted by atomic mass is 19.4. The smallest absolute Gasteiger partial charge is 0.381 e. The highest BCUT2D eigenvalue weighted by Gasteiger charge is 2.42. The molecular formula is C13H24F3N3O. The van der Waals surface area contributed by atoms with E-state index in [1.54, 1.807) is 0 Å². The molecule has 20 heavy (non-hydrogen) atoms. The number of rotatable bonds is 4. The van der Waals surface area contributed by atoms with Crippen molar-refractivity contribution in [2.45, 2.75) is 25.1 Å². The van der Waals surface area contributed by atoms with Gasteiger partial charge in [0.2, 0.25) is 0 Å². The summed E-state index contributed by atoms with van der Waals surface area (Å²) < 4.78 is 42.6. The Bertz CT molecular complexity index is 312. The first-order valence-electron chi connectivity index (χ1n) is 7.17. The number of hydrogen-bond acceptors (Lipinski definition) is 4. The van der Waals surface area contributed by atoms with Crippen LogP contribution in [0.3, 0.4) is 0 Å². The van der Waals surface area contributed by atoms with Crippen molar-refractivity contribution in [2.75, 3.05) is 52.5 Å². The van der Waals surface area contributed by atoms with E-state index in [1.165, 1.54) is 4.90 Å². The zero-order valence-corrected chi connectivity index (χ0v) is 12.0. The van der Waals surface area contributed by atoms with E-state index < -0.39 is 12.7 Å². The second-order valence-corrected chi connectivity index (χ2v) is 6.00. The molecule has 2 rings (SSSR count). The van der Waals surface area contributed by atoms with Gasteiger partial charge in [0, 0.05) is 50.8 Å². The lowest BCUT2D eigenvalue weighted by atomic mass is 9.82. The molecule has 2 unspecified atom stereocenters. The van der Waals surface area contributed by atoms with Crippen LogP contribution in [-0.4, -0.2) is 74.0 Å². The number of nitrogens with zero attached hydrogens (tertiary/aromatic N) is 2. The lowest BCUT2D eigenvalue weighted by Gasteiger charge is -2.48. The van der Waals surface area contributed by atoms with Crippen LogP contribution in [0.1, 0.15) is 13.3 Å². The third-order valence-corrected chi connectivity index (χ3v) is 4.72. The second kappa shape index (κ2) is 6.17. The monoisotopic (exact) mass is 295 g/mol. The van der Waals surface area contributed by atoms with Gasteiger partial charge in [-0.2, -0.15) is 13.2 Å². The van der Waals surface area contributed by atoms with Crippen molar-refractivity contribution >= 4 is 0 Å². The van der Waals surface area contributed by atoms with Gasteiger partial charge >= 0.3 is 6.18 Å². The van der Waals surface area contributed by atoms with Gasteiger partial charge in [-0.25, -0.2) is 0 Å². The topological polar surface area (TPSA) is 41.7 Å². The minimum absolute atomic E-state index is 0.166. The Balaban J connectivity index is 1.91. The molecule has 2 N–H and O–H groups in total. The van der Waals surface area contributed by atoms with Crippen molar-refractivity contribution in [1.82, 2.24) is 9.80 Å². The summed E-state index contributed by atoms with van der Waals surface area (Å²) in [4.78, 5) is 3.72. The SMILES string of the molecule is CC(CN)(C1CCOC1)N1CCN(CC(F)(F)F)CC1. The molecule has 2 fully saturated rings. The van der Waals surface area contributed by atoms with Crippen LogP contribution in [0.25, 0.3) is 0 Å². The number of hydrogen-bond donors (Lipinski definition) is 1. The largest absolute Gasteiger partial charge is 0.401 e. The van der Waals surface area contributed by atoms with E-state index >= 15 is 0 Å². The van der Waals surface area contributed by atoms with Crippen molar-refractivity contribution in [1.29, 1.82) is 0 Å². The van der Waals surface area contributed by atoms with Gasteiger partial charge in [-0.05, 0) is 13.3 Å². The Morgan fingerprint density at radius 2 is 1.85 bits per heavy atom. The van der Waals surface area contributed by atoms with Gasteiger partial charge in [0.1, 0.15) is 0 Å². The first-order chi connectivity index (χ1) is 9.35. The van der Waals surface area contributed by atoms with Crippen LogP contribution in [0.2, 0.25) is 0 Å². The summed E-state index contributed by atoms with van der Waals surface area (Å²) in [5, 5.41) is 0. The Labute approximate surface area is 118 Å². The van der Waals surface area contributed by atoms with Crippen molar-refractivity contribution in [3.63, 3.8) is 0 Å². The molecule has 2 aliphatic rings. The predicted octanol–water partition coefficient (Wildman–Crippen LogP) is 0.920. The Kier molecular flexibility index (Phi) is 4.94. The third-order valence-electron chi connectivity index (χ3n) is 4.72.